The van der Waals surface area contributed by atoms with Crippen molar-refractivity contribution in [2.24, 2.45) is 0 Å². The number of ether oxygens (including phenoxy) is 1. The summed E-state index contributed by atoms with van der Waals surface area (Å²) in [6.45, 7) is 0. The molecule has 25 heavy (non-hydrogen) atoms. The van der Waals surface area contributed by atoms with Gasteiger partial charge in [0.15, 0.2) is 0 Å². The van der Waals surface area contributed by atoms with Crippen molar-refractivity contribution in [3.05, 3.63) is 67.8 Å². The number of hydrogen-bond donors (Lipinski definition) is 0. The van der Waals surface area contributed by atoms with E-state index in [-0.39, 0.29) is 23.4 Å². The van der Waals surface area contributed by atoms with Crippen LogP contribution in [0.1, 0.15) is 11.1 Å². The number of nitro groups is 2. The summed E-state index contributed by atoms with van der Waals surface area (Å²) < 4.78 is 43.5. The first-order valence-electron chi connectivity index (χ1n) is 6.35. The fourth-order valence-corrected chi connectivity index (χ4v) is 1.85. The van der Waals surface area contributed by atoms with E-state index in [0.29, 0.717) is 0 Å². The van der Waals surface area contributed by atoms with E-state index >= 15 is 0 Å². The van der Waals surface area contributed by atoms with Gasteiger partial charge < -0.3 is 4.74 Å². The van der Waals surface area contributed by atoms with Crippen molar-refractivity contribution < 1.29 is 27.8 Å². The van der Waals surface area contributed by atoms with E-state index in [9.17, 15) is 33.4 Å². The molecule has 2 aromatic carbocycles. The molecule has 8 nitrogen and oxygen atoms in total. The van der Waals surface area contributed by atoms with E-state index < -0.39 is 38.7 Å². The zero-order valence-corrected chi connectivity index (χ0v) is 12.0. The van der Waals surface area contributed by atoms with Gasteiger partial charge in [0.05, 0.1) is 27.0 Å². The van der Waals surface area contributed by atoms with Crippen molar-refractivity contribution in [2.45, 2.75) is 6.18 Å². The van der Waals surface area contributed by atoms with Gasteiger partial charge in [0.25, 0.3) is 5.75 Å². The Morgan fingerprint density at radius 3 is 1.84 bits per heavy atom. The van der Waals surface area contributed by atoms with Gasteiger partial charge in [-0.3, -0.25) is 20.2 Å². The lowest BCUT2D eigenvalue weighted by Crippen LogP contribution is -2.08. The minimum Gasteiger partial charge on any atom is -0.444 e. The Morgan fingerprint density at radius 2 is 1.48 bits per heavy atom. The highest BCUT2D eigenvalue weighted by Crippen LogP contribution is 2.44. The molecule has 2 aromatic rings. The maximum absolute atomic E-state index is 12.8. The average molecular weight is 353 g/mol. The highest BCUT2D eigenvalue weighted by Gasteiger charge is 2.38. The molecule has 128 valence electrons. The molecule has 0 N–H and O–H groups in total. The molecule has 0 aliphatic heterocycles. The third kappa shape index (κ3) is 3.81. The van der Waals surface area contributed by atoms with Gasteiger partial charge in [0.2, 0.25) is 0 Å². The van der Waals surface area contributed by atoms with Crippen LogP contribution in [0.2, 0.25) is 0 Å². The molecule has 0 aliphatic rings. The zero-order chi connectivity index (χ0) is 18.8. The van der Waals surface area contributed by atoms with Gasteiger partial charge in [-0.25, -0.2) is 0 Å². The van der Waals surface area contributed by atoms with Gasteiger partial charge in [0, 0.05) is 12.1 Å². The van der Waals surface area contributed by atoms with E-state index in [1.807, 2.05) is 0 Å². The number of hydrogen-bond acceptors (Lipinski definition) is 6. The second-order valence-corrected chi connectivity index (χ2v) is 4.59. The summed E-state index contributed by atoms with van der Waals surface area (Å²) in [5.41, 5.74) is -3.72. The topological polar surface area (TPSA) is 119 Å². The lowest BCUT2D eigenvalue weighted by Gasteiger charge is -2.10. The van der Waals surface area contributed by atoms with Crippen LogP contribution in [0.25, 0.3) is 0 Å². The third-order valence-electron chi connectivity index (χ3n) is 2.97. The van der Waals surface area contributed by atoms with E-state index in [2.05, 4.69) is 0 Å². The van der Waals surface area contributed by atoms with Crippen molar-refractivity contribution in [1.82, 2.24) is 0 Å². The first kappa shape index (κ1) is 17.7. The van der Waals surface area contributed by atoms with Gasteiger partial charge in [-0.2, -0.15) is 18.4 Å². The second kappa shape index (κ2) is 6.44. The summed E-state index contributed by atoms with van der Waals surface area (Å²) in [6.07, 6.45) is -5.01. The molecule has 0 saturated carbocycles. The van der Waals surface area contributed by atoms with Crippen LogP contribution in [0.3, 0.4) is 0 Å². The fourth-order valence-electron chi connectivity index (χ4n) is 1.85. The normalized spacial score (nSPS) is 10.8. The van der Waals surface area contributed by atoms with Crippen LogP contribution in [-0.2, 0) is 6.18 Å². The molecule has 0 bridgehead atoms. The second-order valence-electron chi connectivity index (χ2n) is 4.59. The van der Waals surface area contributed by atoms with Gasteiger partial charge in [0.1, 0.15) is 5.75 Å². The molecular formula is C14H6F3N3O5. The number of halogens is 3. The minimum atomic E-state index is -5.01. The first-order valence-corrected chi connectivity index (χ1v) is 6.35. The van der Waals surface area contributed by atoms with Crippen LogP contribution in [-0.4, -0.2) is 9.85 Å². The Hall–Kier alpha value is -3.68. The highest BCUT2D eigenvalue weighted by molar-refractivity contribution is 5.63. The summed E-state index contributed by atoms with van der Waals surface area (Å²) in [5.74, 6) is -1.06. The van der Waals surface area contributed by atoms with Crippen LogP contribution in [0, 0.1) is 31.6 Å². The van der Waals surface area contributed by atoms with Crippen LogP contribution < -0.4 is 4.74 Å². The van der Waals surface area contributed by atoms with Gasteiger partial charge in [-0.1, -0.05) is 0 Å². The minimum absolute atomic E-state index is 0.120. The van der Waals surface area contributed by atoms with Crippen molar-refractivity contribution in [2.75, 3.05) is 0 Å². The Labute approximate surface area is 137 Å². The molecule has 0 saturated heterocycles. The van der Waals surface area contributed by atoms with Crippen LogP contribution in [0.4, 0.5) is 24.5 Å². The maximum atomic E-state index is 12.8. The van der Waals surface area contributed by atoms with Crippen LogP contribution in [0.5, 0.6) is 11.5 Å². The average Bonchev–Trinajstić information content (AvgIpc) is 2.54. The molecule has 0 aromatic heterocycles. The van der Waals surface area contributed by atoms with Crippen molar-refractivity contribution in [1.29, 1.82) is 5.26 Å². The predicted molar refractivity (Wildman–Crippen MR) is 76.0 cm³/mol. The highest BCUT2D eigenvalue weighted by atomic mass is 19.4. The molecule has 0 fully saturated rings. The Bertz CT molecular complexity index is 853. The summed E-state index contributed by atoms with van der Waals surface area (Å²) in [7, 11) is 0. The largest absolute Gasteiger partial charge is 0.444 e. The molecule has 0 spiro atoms. The van der Waals surface area contributed by atoms with E-state index in [4.69, 9.17) is 10.00 Å². The van der Waals surface area contributed by atoms with Gasteiger partial charge in [-0.05, 0) is 24.3 Å². The summed E-state index contributed by atoms with van der Waals surface area (Å²) >= 11 is 0. The smallest absolute Gasteiger partial charge is 0.416 e. The predicted octanol–water partition coefficient (Wildman–Crippen LogP) is 4.19. The summed E-state index contributed by atoms with van der Waals surface area (Å²) in [5, 5.41) is 30.8. The Morgan fingerprint density at radius 1 is 1.00 bits per heavy atom. The monoisotopic (exact) mass is 353 g/mol. The van der Waals surface area contributed by atoms with E-state index in [0.717, 1.165) is 0 Å². The number of benzene rings is 2. The van der Waals surface area contributed by atoms with Gasteiger partial charge >= 0.3 is 17.6 Å². The zero-order valence-electron chi connectivity index (χ0n) is 12.0. The number of nitro benzene ring substituents is 2. The lowest BCUT2D eigenvalue weighted by molar-refractivity contribution is -0.396. The number of nitrogens with zero attached hydrogens (tertiary/aromatic N) is 3. The number of rotatable bonds is 4. The molecular weight excluding hydrogens is 347 g/mol. The van der Waals surface area contributed by atoms with Crippen molar-refractivity contribution in [3.8, 4) is 17.6 Å². The molecule has 2 rings (SSSR count). The SMILES string of the molecule is N#Cc1ccc(Oc2c([N+](=O)[O-])cc(C(F)(F)F)cc2[N+](=O)[O-])cc1. The first-order chi connectivity index (χ1) is 11.6. The fraction of sp³-hybridized carbons (Fsp3) is 0.0714. The van der Waals surface area contributed by atoms with Crippen molar-refractivity contribution >= 4 is 11.4 Å². The number of nitriles is 1. The van der Waals surface area contributed by atoms with Crippen LogP contribution >= 0.6 is 0 Å². The Kier molecular flexibility index (Phi) is 4.55. The molecule has 0 heterocycles. The summed E-state index contributed by atoms with van der Waals surface area (Å²) in [6, 6.07) is 7.07. The molecule has 0 amide bonds. The molecule has 0 aliphatic carbocycles. The van der Waals surface area contributed by atoms with Crippen molar-refractivity contribution in [3.63, 3.8) is 0 Å². The molecule has 0 radical (unpaired) electrons. The molecule has 11 heteroatoms. The van der Waals surface area contributed by atoms with E-state index in [1.165, 1.54) is 24.3 Å². The quantitative estimate of drug-likeness (QED) is 0.600. The maximum Gasteiger partial charge on any atom is 0.416 e. The third-order valence-corrected chi connectivity index (χ3v) is 2.97. The van der Waals surface area contributed by atoms with Gasteiger partial charge in [-0.15, -0.1) is 0 Å². The molecule has 0 atom stereocenters. The lowest BCUT2D eigenvalue weighted by atomic mass is 10.1. The van der Waals surface area contributed by atoms with Crippen LogP contribution in [0.15, 0.2) is 36.4 Å². The standard InChI is InChI=1S/C14H6F3N3O5/c15-14(16,17)9-5-11(19(21)22)13(12(6-9)20(23)24)25-10-3-1-8(7-18)2-4-10/h1-6H. The Balaban J connectivity index is 2.63. The number of alkyl halides is 3. The molecule has 0 unspecified atom stereocenters. The summed E-state index contributed by atoms with van der Waals surface area (Å²) in [4.78, 5) is 19.7. The van der Waals surface area contributed by atoms with E-state index in [1.54, 1.807) is 6.07 Å².